The summed E-state index contributed by atoms with van der Waals surface area (Å²) in [4.78, 5) is 24.3. The van der Waals surface area contributed by atoms with E-state index < -0.39 is 17.5 Å². The number of hydrogen-bond donors (Lipinski definition) is 2. The molecule has 2 amide bonds. The minimum atomic E-state index is -1.34. The number of likely N-dealkylation sites (N-methyl/N-ethyl adjacent to an activating group) is 1. The van der Waals surface area contributed by atoms with Gasteiger partial charge < -0.3 is 20.1 Å². The number of benzene rings is 1. The molecule has 0 radical (unpaired) electrons. The summed E-state index contributed by atoms with van der Waals surface area (Å²) in [5.41, 5.74) is -0.964. The van der Waals surface area contributed by atoms with Crippen molar-refractivity contribution in [2.24, 2.45) is 0 Å². The molecule has 0 spiro atoms. The van der Waals surface area contributed by atoms with Crippen molar-refractivity contribution in [2.75, 3.05) is 19.5 Å². The number of carboxylic acids is 1. The van der Waals surface area contributed by atoms with Crippen molar-refractivity contribution in [3.05, 3.63) is 23.2 Å². The number of aliphatic carboxylic acids is 1. The zero-order chi connectivity index (χ0) is 15.5. The Balaban J connectivity index is 2.96. The SMILES string of the molecule is COc1ccc(Cl)cc1NC(=O)N(C)C(C)(C)C(=O)O. The molecule has 1 rings (SSSR count). The van der Waals surface area contributed by atoms with Crippen molar-refractivity contribution in [1.82, 2.24) is 4.90 Å². The lowest BCUT2D eigenvalue weighted by atomic mass is 10.1. The number of carbonyl (C=O) groups is 2. The Morgan fingerprint density at radius 1 is 1.40 bits per heavy atom. The van der Waals surface area contributed by atoms with E-state index in [9.17, 15) is 9.59 Å². The van der Waals surface area contributed by atoms with E-state index in [4.69, 9.17) is 21.4 Å². The second kappa shape index (κ2) is 6.00. The fraction of sp³-hybridized carbons (Fsp3) is 0.385. The number of halogens is 1. The summed E-state index contributed by atoms with van der Waals surface area (Å²) in [6, 6.07) is 4.19. The summed E-state index contributed by atoms with van der Waals surface area (Å²) in [5.74, 6) is -0.669. The van der Waals surface area contributed by atoms with E-state index in [1.807, 2.05) is 0 Å². The molecular weight excluding hydrogens is 284 g/mol. The van der Waals surface area contributed by atoms with Gasteiger partial charge >= 0.3 is 12.0 Å². The topological polar surface area (TPSA) is 78.9 Å². The molecular formula is C13H17ClN2O4. The molecule has 0 aliphatic heterocycles. The Bertz CT molecular complexity index is 531. The van der Waals surface area contributed by atoms with Crippen LogP contribution in [0.1, 0.15) is 13.8 Å². The molecule has 110 valence electrons. The number of anilines is 1. The molecule has 0 bridgehead atoms. The summed E-state index contributed by atoms with van der Waals surface area (Å²) >= 11 is 5.86. The van der Waals surface area contributed by atoms with Crippen molar-refractivity contribution < 1.29 is 19.4 Å². The van der Waals surface area contributed by atoms with Gasteiger partial charge in [-0.1, -0.05) is 11.6 Å². The van der Waals surface area contributed by atoms with Crippen molar-refractivity contribution in [1.29, 1.82) is 0 Å². The molecule has 0 fully saturated rings. The first-order chi connectivity index (χ1) is 9.20. The van der Waals surface area contributed by atoms with E-state index >= 15 is 0 Å². The standard InChI is InChI=1S/C13H17ClN2O4/c1-13(2,11(17)18)16(3)12(19)15-9-7-8(14)5-6-10(9)20-4/h5-7H,1-4H3,(H,15,19)(H,17,18). The van der Waals surface area contributed by atoms with Gasteiger partial charge in [0, 0.05) is 12.1 Å². The van der Waals surface area contributed by atoms with Crippen LogP contribution in [0.4, 0.5) is 10.5 Å². The second-order valence-electron chi connectivity index (χ2n) is 4.70. The molecule has 1 aromatic carbocycles. The molecule has 0 aliphatic rings. The van der Waals surface area contributed by atoms with Crippen molar-refractivity contribution >= 4 is 29.3 Å². The molecule has 0 unspecified atom stereocenters. The third kappa shape index (κ3) is 3.33. The van der Waals surface area contributed by atoms with Gasteiger partial charge in [0.25, 0.3) is 0 Å². The van der Waals surface area contributed by atoms with E-state index in [0.717, 1.165) is 4.90 Å². The molecule has 0 saturated carbocycles. The number of ether oxygens (including phenoxy) is 1. The third-order valence-electron chi connectivity index (χ3n) is 3.07. The van der Waals surface area contributed by atoms with E-state index in [0.29, 0.717) is 16.5 Å². The minimum absolute atomic E-state index is 0.373. The fourth-order valence-corrected chi connectivity index (χ4v) is 1.55. The van der Waals surface area contributed by atoms with Crippen LogP contribution in [0.2, 0.25) is 5.02 Å². The van der Waals surface area contributed by atoms with Crippen molar-refractivity contribution in [2.45, 2.75) is 19.4 Å². The van der Waals surface area contributed by atoms with Crippen LogP contribution in [0.5, 0.6) is 5.75 Å². The Hall–Kier alpha value is -1.95. The Morgan fingerprint density at radius 2 is 2.00 bits per heavy atom. The highest BCUT2D eigenvalue weighted by molar-refractivity contribution is 6.31. The molecule has 2 N–H and O–H groups in total. The highest BCUT2D eigenvalue weighted by Gasteiger charge is 2.35. The molecule has 0 aliphatic carbocycles. The lowest BCUT2D eigenvalue weighted by molar-refractivity contribution is -0.146. The van der Waals surface area contributed by atoms with Crippen LogP contribution in [0.3, 0.4) is 0 Å². The lowest BCUT2D eigenvalue weighted by Crippen LogP contribution is -2.52. The average molecular weight is 301 g/mol. The minimum Gasteiger partial charge on any atom is -0.495 e. The van der Waals surface area contributed by atoms with Gasteiger partial charge in [0.15, 0.2) is 0 Å². The van der Waals surface area contributed by atoms with E-state index in [2.05, 4.69) is 5.32 Å². The van der Waals surface area contributed by atoms with Gasteiger partial charge in [0.1, 0.15) is 11.3 Å². The van der Waals surface area contributed by atoms with Gasteiger partial charge in [-0.2, -0.15) is 0 Å². The van der Waals surface area contributed by atoms with Gasteiger partial charge in [-0.25, -0.2) is 9.59 Å². The number of hydrogen-bond acceptors (Lipinski definition) is 3. The molecule has 20 heavy (non-hydrogen) atoms. The summed E-state index contributed by atoms with van der Waals surface area (Å²) in [5, 5.41) is 12.1. The van der Waals surface area contributed by atoms with Gasteiger partial charge in [-0.3, -0.25) is 0 Å². The number of rotatable bonds is 4. The zero-order valence-electron chi connectivity index (χ0n) is 11.7. The average Bonchev–Trinajstić information content (AvgIpc) is 2.37. The van der Waals surface area contributed by atoms with Crippen molar-refractivity contribution in [3.8, 4) is 5.75 Å². The molecule has 0 heterocycles. The number of amides is 2. The third-order valence-corrected chi connectivity index (χ3v) is 3.30. The van der Waals surface area contributed by atoms with Crippen LogP contribution in [-0.4, -0.2) is 41.7 Å². The Morgan fingerprint density at radius 3 is 2.50 bits per heavy atom. The predicted octanol–water partition coefficient (Wildman–Crippen LogP) is 2.68. The first-order valence-corrected chi connectivity index (χ1v) is 6.19. The number of carboxylic acid groups (broad SMARTS) is 1. The van der Waals surface area contributed by atoms with Crippen LogP contribution >= 0.6 is 11.6 Å². The molecule has 0 saturated heterocycles. The monoisotopic (exact) mass is 300 g/mol. The maximum absolute atomic E-state index is 12.1. The van der Waals surface area contributed by atoms with Crippen molar-refractivity contribution in [3.63, 3.8) is 0 Å². The molecule has 0 atom stereocenters. The maximum Gasteiger partial charge on any atom is 0.329 e. The van der Waals surface area contributed by atoms with Crippen LogP contribution < -0.4 is 10.1 Å². The largest absolute Gasteiger partial charge is 0.495 e. The van der Waals surface area contributed by atoms with Gasteiger partial charge in [-0.15, -0.1) is 0 Å². The van der Waals surface area contributed by atoms with Gasteiger partial charge in [0.05, 0.1) is 12.8 Å². The van der Waals surface area contributed by atoms with E-state index in [1.54, 1.807) is 12.1 Å². The Kier molecular flexibility index (Phi) is 4.83. The second-order valence-corrected chi connectivity index (χ2v) is 5.13. The Labute approximate surface area is 122 Å². The number of carbonyl (C=O) groups excluding carboxylic acids is 1. The summed E-state index contributed by atoms with van der Waals surface area (Å²) in [6.07, 6.45) is 0. The normalized spacial score (nSPS) is 10.8. The van der Waals surface area contributed by atoms with Crippen LogP contribution in [0.15, 0.2) is 18.2 Å². The van der Waals surface area contributed by atoms with Crippen LogP contribution in [0.25, 0.3) is 0 Å². The quantitative estimate of drug-likeness (QED) is 0.896. The molecule has 6 nitrogen and oxygen atoms in total. The number of methoxy groups -OCH3 is 1. The predicted molar refractivity (Wildman–Crippen MR) is 76.5 cm³/mol. The first kappa shape index (κ1) is 16.1. The highest BCUT2D eigenvalue weighted by atomic mass is 35.5. The first-order valence-electron chi connectivity index (χ1n) is 5.82. The molecule has 1 aromatic rings. The van der Waals surface area contributed by atoms with E-state index in [-0.39, 0.29) is 0 Å². The number of nitrogens with one attached hydrogen (secondary N) is 1. The lowest BCUT2D eigenvalue weighted by Gasteiger charge is -2.31. The van der Waals surface area contributed by atoms with Crippen LogP contribution in [-0.2, 0) is 4.79 Å². The smallest absolute Gasteiger partial charge is 0.329 e. The highest BCUT2D eigenvalue weighted by Crippen LogP contribution is 2.28. The number of nitrogens with zero attached hydrogens (tertiary/aromatic N) is 1. The molecule has 0 aromatic heterocycles. The fourth-order valence-electron chi connectivity index (χ4n) is 1.37. The van der Waals surface area contributed by atoms with E-state index in [1.165, 1.54) is 34.1 Å². The van der Waals surface area contributed by atoms with Gasteiger partial charge in [-0.05, 0) is 32.0 Å². The summed E-state index contributed by atoms with van der Waals surface area (Å²) < 4.78 is 5.11. The maximum atomic E-state index is 12.1. The van der Waals surface area contributed by atoms with Gasteiger partial charge in [0.2, 0.25) is 0 Å². The van der Waals surface area contributed by atoms with Crippen LogP contribution in [0, 0.1) is 0 Å². The molecule has 7 heteroatoms. The number of urea groups is 1. The summed E-state index contributed by atoms with van der Waals surface area (Å²) in [6.45, 7) is 2.87. The summed E-state index contributed by atoms with van der Waals surface area (Å²) in [7, 11) is 2.87. The zero-order valence-corrected chi connectivity index (χ0v) is 12.5.